The Kier molecular flexibility index (Phi) is 13.2. The molecule has 0 spiro atoms. The molecule has 2 heteroatoms. The van der Waals surface area contributed by atoms with E-state index in [1.807, 2.05) is 0 Å². The van der Waals surface area contributed by atoms with Crippen LogP contribution in [0, 0.1) is 23.7 Å². The van der Waals surface area contributed by atoms with Gasteiger partial charge in [-0.15, -0.1) is 0 Å². The van der Waals surface area contributed by atoms with Crippen LogP contribution in [0.2, 0.25) is 0 Å². The van der Waals surface area contributed by atoms with E-state index in [-0.39, 0.29) is 0 Å². The topological polar surface area (TPSA) is 18.5 Å². The Morgan fingerprint density at radius 1 is 0.529 bits per heavy atom. The normalized spacial score (nSPS) is 13.3. The fraction of sp³-hybridized carbons (Fsp3) is 0.625. The van der Waals surface area contributed by atoms with Crippen molar-refractivity contribution < 1.29 is 9.47 Å². The zero-order chi connectivity index (χ0) is 24.8. The molecule has 190 valence electrons. The molecule has 0 aliphatic rings. The maximum atomic E-state index is 6.10. The molecule has 2 nitrogen and oxygen atoms in total. The van der Waals surface area contributed by atoms with Crippen molar-refractivity contribution in [1.82, 2.24) is 0 Å². The van der Waals surface area contributed by atoms with Gasteiger partial charge in [-0.05, 0) is 71.9 Å². The fourth-order valence-corrected chi connectivity index (χ4v) is 4.32. The quantitative estimate of drug-likeness (QED) is 0.231. The van der Waals surface area contributed by atoms with Crippen molar-refractivity contribution in [3.63, 3.8) is 0 Å². The second-order valence-corrected chi connectivity index (χ2v) is 11.2. The number of ether oxygens (including phenoxy) is 2. The van der Waals surface area contributed by atoms with E-state index in [9.17, 15) is 0 Å². The van der Waals surface area contributed by atoms with Crippen molar-refractivity contribution in [2.24, 2.45) is 23.7 Å². The largest absolute Gasteiger partial charge is 0.494 e. The van der Waals surface area contributed by atoms with Gasteiger partial charge in [0, 0.05) is 0 Å². The van der Waals surface area contributed by atoms with Gasteiger partial charge in [0.2, 0.25) is 0 Å². The van der Waals surface area contributed by atoms with Crippen LogP contribution in [0.3, 0.4) is 0 Å². The lowest BCUT2D eigenvalue weighted by Crippen LogP contribution is -2.05. The highest BCUT2D eigenvalue weighted by Crippen LogP contribution is 2.28. The molecule has 0 bridgehead atoms. The van der Waals surface area contributed by atoms with Crippen LogP contribution < -0.4 is 9.47 Å². The molecule has 2 unspecified atom stereocenters. The van der Waals surface area contributed by atoms with Crippen LogP contribution in [0.1, 0.15) is 92.9 Å². The average Bonchev–Trinajstić information content (AvgIpc) is 2.79. The zero-order valence-electron chi connectivity index (χ0n) is 22.8. The van der Waals surface area contributed by atoms with Gasteiger partial charge in [0.05, 0.1) is 13.2 Å². The molecule has 0 aliphatic carbocycles. The van der Waals surface area contributed by atoms with E-state index in [0.717, 1.165) is 49.4 Å². The van der Waals surface area contributed by atoms with Crippen molar-refractivity contribution >= 4 is 0 Å². The third kappa shape index (κ3) is 12.0. The van der Waals surface area contributed by atoms with Gasteiger partial charge < -0.3 is 9.47 Å². The van der Waals surface area contributed by atoms with Crippen molar-refractivity contribution in [3.8, 4) is 22.6 Å². The van der Waals surface area contributed by atoms with Crippen LogP contribution >= 0.6 is 0 Å². The summed E-state index contributed by atoms with van der Waals surface area (Å²) in [5.41, 5.74) is 2.35. The lowest BCUT2D eigenvalue weighted by atomic mass is 9.98. The molecule has 0 aromatic heterocycles. The molecule has 0 N–H and O–H groups in total. The van der Waals surface area contributed by atoms with Gasteiger partial charge in [-0.2, -0.15) is 0 Å². The van der Waals surface area contributed by atoms with E-state index in [2.05, 4.69) is 90.1 Å². The lowest BCUT2D eigenvalue weighted by Gasteiger charge is -2.14. The Balaban J connectivity index is 1.79. The second kappa shape index (κ2) is 15.8. The molecular weight excluding hydrogens is 416 g/mol. The third-order valence-electron chi connectivity index (χ3n) is 6.72. The summed E-state index contributed by atoms with van der Waals surface area (Å²) in [6, 6.07) is 16.9. The predicted molar refractivity (Wildman–Crippen MR) is 148 cm³/mol. The molecule has 0 saturated heterocycles. The number of hydrogen-bond acceptors (Lipinski definition) is 2. The summed E-state index contributed by atoms with van der Waals surface area (Å²) >= 11 is 0. The monoisotopic (exact) mass is 466 g/mol. The van der Waals surface area contributed by atoms with E-state index in [1.165, 1.54) is 49.7 Å². The maximum Gasteiger partial charge on any atom is 0.119 e. The average molecular weight is 467 g/mol. The SMILES string of the molecule is CC(C)CCCC(C)CCOc1cccc(-c2cccc(OCCC(C)CCCC(C)C)c2)c1. The Morgan fingerprint density at radius 2 is 0.941 bits per heavy atom. The Morgan fingerprint density at radius 3 is 1.32 bits per heavy atom. The Hall–Kier alpha value is -1.96. The molecule has 2 aromatic carbocycles. The smallest absolute Gasteiger partial charge is 0.119 e. The molecule has 0 radical (unpaired) electrons. The van der Waals surface area contributed by atoms with Crippen LogP contribution in [0.4, 0.5) is 0 Å². The lowest BCUT2D eigenvalue weighted by molar-refractivity contribution is 0.275. The van der Waals surface area contributed by atoms with Gasteiger partial charge in [0.1, 0.15) is 11.5 Å². The molecule has 0 aliphatic heterocycles. The summed E-state index contributed by atoms with van der Waals surface area (Å²) in [5.74, 6) is 4.95. The van der Waals surface area contributed by atoms with Gasteiger partial charge >= 0.3 is 0 Å². The first-order chi connectivity index (χ1) is 16.3. The summed E-state index contributed by atoms with van der Waals surface area (Å²) in [6.07, 6.45) is 10.1. The molecule has 0 heterocycles. The molecular formula is C32H50O2. The first kappa shape index (κ1) is 28.3. The van der Waals surface area contributed by atoms with Gasteiger partial charge in [0.15, 0.2) is 0 Å². The summed E-state index contributed by atoms with van der Waals surface area (Å²) in [6.45, 7) is 15.5. The molecule has 2 aromatic rings. The van der Waals surface area contributed by atoms with Crippen LogP contribution in [-0.4, -0.2) is 13.2 Å². The van der Waals surface area contributed by atoms with Gasteiger partial charge in [-0.3, -0.25) is 0 Å². The molecule has 0 amide bonds. The molecule has 0 saturated carbocycles. The van der Waals surface area contributed by atoms with Crippen LogP contribution in [0.15, 0.2) is 48.5 Å². The summed E-state index contributed by atoms with van der Waals surface area (Å²) < 4.78 is 12.2. The van der Waals surface area contributed by atoms with E-state index in [4.69, 9.17) is 9.47 Å². The number of hydrogen-bond donors (Lipinski definition) is 0. The number of rotatable bonds is 17. The summed E-state index contributed by atoms with van der Waals surface area (Å²) in [5, 5.41) is 0. The van der Waals surface area contributed by atoms with E-state index in [1.54, 1.807) is 0 Å². The first-order valence-electron chi connectivity index (χ1n) is 13.8. The molecule has 2 atom stereocenters. The molecule has 2 rings (SSSR count). The highest BCUT2D eigenvalue weighted by atomic mass is 16.5. The first-order valence-corrected chi connectivity index (χ1v) is 13.8. The predicted octanol–water partition coefficient (Wildman–Crippen LogP) is 9.82. The molecule has 34 heavy (non-hydrogen) atoms. The minimum atomic E-state index is 0.716. The highest BCUT2D eigenvalue weighted by Gasteiger charge is 2.07. The summed E-state index contributed by atoms with van der Waals surface area (Å²) in [4.78, 5) is 0. The third-order valence-corrected chi connectivity index (χ3v) is 6.72. The van der Waals surface area contributed by atoms with Crippen molar-refractivity contribution in [2.75, 3.05) is 13.2 Å². The Labute approximate surface area is 210 Å². The highest BCUT2D eigenvalue weighted by molar-refractivity contribution is 5.66. The number of benzene rings is 2. The van der Waals surface area contributed by atoms with Crippen molar-refractivity contribution in [1.29, 1.82) is 0 Å². The van der Waals surface area contributed by atoms with Gasteiger partial charge in [0.25, 0.3) is 0 Å². The summed E-state index contributed by atoms with van der Waals surface area (Å²) in [7, 11) is 0. The maximum absolute atomic E-state index is 6.10. The van der Waals surface area contributed by atoms with Crippen molar-refractivity contribution in [2.45, 2.75) is 92.9 Å². The van der Waals surface area contributed by atoms with Gasteiger partial charge in [-0.1, -0.05) is 104 Å². The fourth-order valence-electron chi connectivity index (χ4n) is 4.32. The van der Waals surface area contributed by atoms with Crippen LogP contribution in [-0.2, 0) is 0 Å². The van der Waals surface area contributed by atoms with E-state index >= 15 is 0 Å². The Bertz CT molecular complexity index is 728. The van der Waals surface area contributed by atoms with Crippen LogP contribution in [0.5, 0.6) is 11.5 Å². The molecule has 0 fully saturated rings. The zero-order valence-corrected chi connectivity index (χ0v) is 22.8. The minimum absolute atomic E-state index is 0.716. The van der Waals surface area contributed by atoms with Crippen molar-refractivity contribution in [3.05, 3.63) is 48.5 Å². The van der Waals surface area contributed by atoms with Crippen LogP contribution in [0.25, 0.3) is 11.1 Å². The standard InChI is InChI=1S/C32H50O2/c1-25(2)11-7-13-27(5)19-21-33-31-17-9-15-29(23-31)30-16-10-18-32(24-30)34-22-20-28(6)14-8-12-26(3)4/h9-10,15-18,23-28H,7-8,11-14,19-22H2,1-6H3. The minimum Gasteiger partial charge on any atom is -0.494 e. The van der Waals surface area contributed by atoms with E-state index < -0.39 is 0 Å². The van der Waals surface area contributed by atoms with E-state index in [0.29, 0.717) is 11.8 Å². The second-order valence-electron chi connectivity index (χ2n) is 11.2. The van der Waals surface area contributed by atoms with Gasteiger partial charge in [-0.25, -0.2) is 0 Å².